The second-order valence-electron chi connectivity index (χ2n) is 7.09. The maximum Gasteiger partial charge on any atom is 0.257 e. The zero-order valence-corrected chi connectivity index (χ0v) is 18.7. The van der Waals surface area contributed by atoms with Crippen LogP contribution in [0.4, 0.5) is 10.3 Å². The Labute approximate surface area is 193 Å². The summed E-state index contributed by atoms with van der Waals surface area (Å²) in [5, 5.41) is 11.3. The molecule has 1 aliphatic rings. The van der Waals surface area contributed by atoms with E-state index in [1.165, 1.54) is 19.2 Å². The fourth-order valence-corrected chi connectivity index (χ4v) is 4.02. The molecule has 33 heavy (non-hydrogen) atoms. The number of rotatable bonds is 7. The Bertz CT molecular complexity index is 1130. The minimum absolute atomic E-state index is 0.0710. The maximum atomic E-state index is 13.9. The molecule has 11 heteroatoms. The zero-order valence-electron chi connectivity index (χ0n) is 17.9. The number of benzene rings is 2. The highest BCUT2D eigenvalue weighted by Gasteiger charge is 2.23. The van der Waals surface area contributed by atoms with E-state index in [4.69, 9.17) is 9.47 Å². The van der Waals surface area contributed by atoms with E-state index in [9.17, 15) is 14.0 Å². The molecule has 1 aliphatic heterocycles. The van der Waals surface area contributed by atoms with Crippen molar-refractivity contribution >= 4 is 29.5 Å². The van der Waals surface area contributed by atoms with Gasteiger partial charge in [-0.05, 0) is 42.5 Å². The summed E-state index contributed by atoms with van der Waals surface area (Å²) in [5.74, 6) is -0.306. The number of halogens is 1. The molecule has 9 nitrogen and oxygen atoms in total. The number of anilines is 1. The van der Waals surface area contributed by atoms with Gasteiger partial charge in [0.15, 0.2) is 5.16 Å². The number of nitrogens with zero attached hydrogens (tertiary/aromatic N) is 4. The van der Waals surface area contributed by atoms with Crippen molar-refractivity contribution in [1.82, 2.24) is 20.1 Å². The fourth-order valence-electron chi connectivity index (χ4n) is 3.27. The van der Waals surface area contributed by atoms with E-state index in [1.54, 1.807) is 41.0 Å². The molecule has 1 fully saturated rings. The third kappa shape index (κ3) is 5.49. The molecule has 0 aliphatic carbocycles. The van der Waals surface area contributed by atoms with Gasteiger partial charge < -0.3 is 14.4 Å². The molecule has 4 rings (SSSR count). The van der Waals surface area contributed by atoms with E-state index < -0.39 is 17.6 Å². The Morgan fingerprint density at radius 2 is 1.91 bits per heavy atom. The van der Waals surface area contributed by atoms with E-state index >= 15 is 0 Å². The van der Waals surface area contributed by atoms with Gasteiger partial charge in [0, 0.05) is 18.7 Å². The summed E-state index contributed by atoms with van der Waals surface area (Å²) < 4.78 is 26.1. The van der Waals surface area contributed by atoms with Crippen LogP contribution in [0.2, 0.25) is 0 Å². The number of carbonyl (C=O) groups is 2. The van der Waals surface area contributed by atoms with Gasteiger partial charge >= 0.3 is 0 Å². The molecule has 3 aromatic rings. The fraction of sp³-hybridized carbons (Fsp3) is 0.273. The van der Waals surface area contributed by atoms with Crippen LogP contribution in [0.1, 0.15) is 10.4 Å². The highest BCUT2D eigenvalue weighted by molar-refractivity contribution is 7.99. The number of methoxy groups -OCH3 is 1. The quantitative estimate of drug-likeness (QED) is 0.524. The predicted octanol–water partition coefficient (Wildman–Crippen LogP) is 2.30. The number of aromatic nitrogens is 3. The maximum absolute atomic E-state index is 13.9. The molecule has 2 heterocycles. The monoisotopic (exact) mass is 471 g/mol. The van der Waals surface area contributed by atoms with Crippen molar-refractivity contribution in [2.24, 2.45) is 0 Å². The summed E-state index contributed by atoms with van der Waals surface area (Å²) in [6.45, 7) is 2.34. The first-order valence-electron chi connectivity index (χ1n) is 10.2. The molecule has 1 aromatic heterocycles. The Morgan fingerprint density at radius 1 is 1.15 bits per heavy atom. The van der Waals surface area contributed by atoms with Crippen LogP contribution in [0.25, 0.3) is 5.69 Å². The lowest BCUT2D eigenvalue weighted by Crippen LogP contribution is -2.38. The second-order valence-corrected chi connectivity index (χ2v) is 8.03. The molecule has 0 radical (unpaired) electrons. The largest absolute Gasteiger partial charge is 0.497 e. The molecule has 2 aromatic carbocycles. The van der Waals surface area contributed by atoms with Crippen LogP contribution < -0.4 is 15.0 Å². The number of ether oxygens (including phenoxy) is 2. The van der Waals surface area contributed by atoms with Gasteiger partial charge in [-0.25, -0.2) is 4.39 Å². The second kappa shape index (κ2) is 10.5. The first-order valence-corrected chi connectivity index (χ1v) is 11.2. The Hall–Kier alpha value is -3.44. The van der Waals surface area contributed by atoms with Crippen molar-refractivity contribution in [2.45, 2.75) is 5.16 Å². The molecular formula is C22H22FN5O4S. The smallest absolute Gasteiger partial charge is 0.257 e. The zero-order chi connectivity index (χ0) is 23.2. The normalized spacial score (nSPS) is 13.6. The molecule has 0 saturated carbocycles. The lowest BCUT2D eigenvalue weighted by Gasteiger charge is -2.27. The summed E-state index contributed by atoms with van der Waals surface area (Å²) in [5.41, 5.74) is 0.880. The van der Waals surface area contributed by atoms with Crippen molar-refractivity contribution in [3.05, 3.63) is 59.9 Å². The van der Waals surface area contributed by atoms with Gasteiger partial charge in [-0.15, -0.1) is 10.2 Å². The molecular weight excluding hydrogens is 449 g/mol. The highest BCUT2D eigenvalue weighted by atomic mass is 32.2. The molecule has 1 saturated heterocycles. The Balaban J connectivity index is 1.48. The van der Waals surface area contributed by atoms with Gasteiger partial charge in [0.25, 0.3) is 5.91 Å². The number of hydrogen-bond donors (Lipinski definition) is 1. The van der Waals surface area contributed by atoms with Crippen LogP contribution >= 0.6 is 11.8 Å². The number of thioether (sulfide) groups is 1. The van der Waals surface area contributed by atoms with Crippen LogP contribution in [0.15, 0.2) is 53.7 Å². The minimum Gasteiger partial charge on any atom is -0.497 e. The van der Waals surface area contributed by atoms with Crippen LogP contribution in [-0.4, -0.2) is 65.7 Å². The lowest BCUT2D eigenvalue weighted by molar-refractivity contribution is -0.117. The van der Waals surface area contributed by atoms with Crippen molar-refractivity contribution in [1.29, 1.82) is 0 Å². The van der Waals surface area contributed by atoms with Gasteiger partial charge in [0.1, 0.15) is 11.6 Å². The number of carbonyl (C=O) groups excluding carboxylic acids is 2. The van der Waals surface area contributed by atoms with Crippen LogP contribution in [0.3, 0.4) is 0 Å². The topological polar surface area (TPSA) is 98.6 Å². The van der Waals surface area contributed by atoms with Crippen molar-refractivity contribution < 1.29 is 23.5 Å². The van der Waals surface area contributed by atoms with Gasteiger partial charge in [-0.3, -0.25) is 19.5 Å². The molecule has 2 amide bonds. The predicted molar refractivity (Wildman–Crippen MR) is 121 cm³/mol. The van der Waals surface area contributed by atoms with E-state index in [-0.39, 0.29) is 5.75 Å². The van der Waals surface area contributed by atoms with E-state index in [2.05, 4.69) is 15.5 Å². The number of hydrogen-bond acceptors (Lipinski definition) is 8. The third-order valence-electron chi connectivity index (χ3n) is 4.91. The van der Waals surface area contributed by atoms with E-state index in [0.29, 0.717) is 54.4 Å². The van der Waals surface area contributed by atoms with Gasteiger partial charge in [0.2, 0.25) is 11.9 Å². The third-order valence-corrected chi connectivity index (χ3v) is 5.84. The number of imide groups is 1. The Kier molecular flexibility index (Phi) is 7.20. The number of nitrogens with one attached hydrogen (secondary N) is 1. The van der Waals surface area contributed by atoms with Crippen LogP contribution in [-0.2, 0) is 9.53 Å². The minimum atomic E-state index is -0.510. The average molecular weight is 472 g/mol. The lowest BCUT2D eigenvalue weighted by atomic mass is 10.2. The van der Waals surface area contributed by atoms with E-state index in [0.717, 1.165) is 11.8 Å². The first kappa shape index (κ1) is 22.7. The molecule has 0 atom stereocenters. The first-order chi connectivity index (χ1) is 16.0. The van der Waals surface area contributed by atoms with Crippen molar-refractivity contribution in [2.75, 3.05) is 44.1 Å². The SMILES string of the molecule is COc1ccc(C(=O)NC(=O)CSc2nnc(N3CCOCC3)n2-c2cccc(F)c2)cc1. The summed E-state index contributed by atoms with van der Waals surface area (Å²) in [6.07, 6.45) is 0. The summed E-state index contributed by atoms with van der Waals surface area (Å²) in [7, 11) is 1.53. The molecule has 1 N–H and O–H groups in total. The van der Waals surface area contributed by atoms with Gasteiger partial charge in [0.05, 0.1) is 31.8 Å². The Morgan fingerprint density at radius 3 is 2.61 bits per heavy atom. The van der Waals surface area contributed by atoms with Gasteiger partial charge in [-0.2, -0.15) is 0 Å². The van der Waals surface area contributed by atoms with Crippen molar-refractivity contribution in [3.8, 4) is 11.4 Å². The highest BCUT2D eigenvalue weighted by Crippen LogP contribution is 2.27. The average Bonchev–Trinajstić information content (AvgIpc) is 3.27. The molecule has 172 valence electrons. The molecule has 0 bridgehead atoms. The van der Waals surface area contributed by atoms with Crippen molar-refractivity contribution in [3.63, 3.8) is 0 Å². The van der Waals surface area contributed by atoms with Gasteiger partial charge in [-0.1, -0.05) is 17.8 Å². The summed E-state index contributed by atoms with van der Waals surface area (Å²) in [6, 6.07) is 12.5. The van der Waals surface area contributed by atoms with Crippen LogP contribution in [0.5, 0.6) is 5.75 Å². The molecule has 0 spiro atoms. The summed E-state index contributed by atoms with van der Waals surface area (Å²) in [4.78, 5) is 26.7. The van der Waals surface area contributed by atoms with E-state index in [1.807, 2.05) is 4.90 Å². The summed E-state index contributed by atoms with van der Waals surface area (Å²) >= 11 is 1.11. The number of amides is 2. The molecule has 0 unspecified atom stereocenters. The number of morpholine rings is 1. The standard InChI is InChI=1S/C22H22FN5O4S/c1-31-18-7-5-15(6-8-18)20(30)24-19(29)14-33-22-26-25-21(27-9-11-32-12-10-27)28(22)17-4-2-3-16(23)13-17/h2-8,13H,9-12,14H2,1H3,(H,24,29,30). The van der Waals surface area contributed by atoms with Crippen LogP contribution in [0, 0.1) is 5.82 Å².